The van der Waals surface area contributed by atoms with Gasteiger partial charge in [-0.1, -0.05) is 27.7 Å². The zero-order chi connectivity index (χ0) is 13.1. The van der Waals surface area contributed by atoms with Crippen LogP contribution in [0.3, 0.4) is 0 Å². The van der Waals surface area contributed by atoms with Gasteiger partial charge in [0.2, 0.25) is 0 Å². The van der Waals surface area contributed by atoms with E-state index in [4.69, 9.17) is 9.84 Å². The number of thiazole rings is 1. The van der Waals surface area contributed by atoms with Crippen molar-refractivity contribution in [1.82, 2.24) is 4.98 Å². The molecule has 0 radical (unpaired) electrons. The van der Waals surface area contributed by atoms with E-state index >= 15 is 0 Å². The maximum absolute atomic E-state index is 11.1. The number of carbonyl (C=O) groups is 1. The summed E-state index contributed by atoms with van der Waals surface area (Å²) in [5, 5.41) is 9.88. The molecule has 0 bridgehead atoms. The Bertz CT molecular complexity index is 393. The first-order valence-electron chi connectivity index (χ1n) is 5.67. The van der Waals surface area contributed by atoms with Crippen LogP contribution in [0.2, 0.25) is 0 Å². The summed E-state index contributed by atoms with van der Waals surface area (Å²) in [6, 6.07) is 0. The number of hydrogen-bond acceptors (Lipinski definition) is 4. The molecule has 0 saturated heterocycles. The summed E-state index contributed by atoms with van der Waals surface area (Å²) in [5.74, 6) is -0.908. The fourth-order valence-electron chi connectivity index (χ4n) is 1.38. The van der Waals surface area contributed by atoms with Crippen LogP contribution in [0.15, 0.2) is 0 Å². The molecule has 0 fully saturated rings. The van der Waals surface area contributed by atoms with Crippen molar-refractivity contribution in [2.24, 2.45) is 0 Å². The molecule has 5 heteroatoms. The molecule has 17 heavy (non-hydrogen) atoms. The average molecular weight is 257 g/mol. The van der Waals surface area contributed by atoms with Gasteiger partial charge < -0.3 is 9.84 Å². The molecule has 0 aliphatic rings. The molecular weight excluding hydrogens is 238 g/mol. The summed E-state index contributed by atoms with van der Waals surface area (Å²) >= 11 is 1.21. The van der Waals surface area contributed by atoms with Crippen LogP contribution in [-0.4, -0.2) is 22.7 Å². The summed E-state index contributed by atoms with van der Waals surface area (Å²) in [6.45, 7) is 8.99. The van der Waals surface area contributed by atoms with Crippen molar-refractivity contribution in [2.45, 2.75) is 46.1 Å². The number of nitrogens with zero attached hydrogens (tertiary/aromatic N) is 1. The van der Waals surface area contributed by atoms with Gasteiger partial charge in [-0.2, -0.15) is 0 Å². The second kappa shape index (κ2) is 5.60. The number of aromatic carboxylic acids is 1. The molecule has 0 atom stereocenters. The fraction of sp³-hybridized carbons (Fsp3) is 0.667. The lowest BCUT2D eigenvalue weighted by molar-refractivity contribution is 0.0699. The Morgan fingerprint density at radius 3 is 2.53 bits per heavy atom. The van der Waals surface area contributed by atoms with E-state index in [0.29, 0.717) is 23.8 Å². The lowest BCUT2D eigenvalue weighted by Gasteiger charge is -2.16. The molecule has 0 unspecified atom stereocenters. The van der Waals surface area contributed by atoms with Crippen molar-refractivity contribution in [3.05, 3.63) is 15.6 Å². The van der Waals surface area contributed by atoms with E-state index in [2.05, 4.69) is 4.98 Å². The Hall–Kier alpha value is -0.940. The number of rotatable bonds is 5. The van der Waals surface area contributed by atoms with E-state index in [1.165, 1.54) is 11.3 Å². The number of carboxylic acid groups (broad SMARTS) is 1. The third-order valence-corrected chi connectivity index (χ3v) is 3.17. The van der Waals surface area contributed by atoms with Crippen molar-refractivity contribution >= 4 is 17.3 Å². The van der Waals surface area contributed by atoms with Gasteiger partial charge in [-0.05, 0) is 6.42 Å². The molecule has 96 valence electrons. The van der Waals surface area contributed by atoms with Crippen molar-refractivity contribution in [2.75, 3.05) is 6.61 Å². The molecule has 1 rings (SSSR count). The van der Waals surface area contributed by atoms with Gasteiger partial charge in [0, 0.05) is 12.0 Å². The van der Waals surface area contributed by atoms with Crippen LogP contribution in [0, 0.1) is 0 Å². The highest BCUT2D eigenvalue weighted by Crippen LogP contribution is 2.29. The maximum atomic E-state index is 11.1. The largest absolute Gasteiger partial charge is 0.477 e. The van der Waals surface area contributed by atoms with E-state index in [9.17, 15) is 4.79 Å². The van der Waals surface area contributed by atoms with E-state index in [1.54, 1.807) is 0 Å². The molecule has 1 N–H and O–H groups in total. The van der Waals surface area contributed by atoms with Crippen molar-refractivity contribution in [3.8, 4) is 0 Å². The van der Waals surface area contributed by atoms with E-state index in [1.807, 2.05) is 27.7 Å². The van der Waals surface area contributed by atoms with Crippen LogP contribution in [0.1, 0.15) is 54.5 Å². The van der Waals surface area contributed by atoms with Gasteiger partial charge in [0.25, 0.3) is 0 Å². The minimum absolute atomic E-state index is 0.257. The summed E-state index contributed by atoms with van der Waals surface area (Å²) in [5.41, 5.74) is 0.387. The Morgan fingerprint density at radius 1 is 1.47 bits per heavy atom. The molecular formula is C12H19NO3S. The molecule has 0 spiro atoms. The number of carboxylic acids is 1. The van der Waals surface area contributed by atoms with Crippen LogP contribution in [0.4, 0.5) is 0 Å². The Kier molecular flexibility index (Phi) is 4.65. The molecule has 0 aromatic carbocycles. The SMILES string of the molecule is CCCOCc1nc(C(C)(C)C)c(C(=O)O)s1. The minimum Gasteiger partial charge on any atom is -0.477 e. The highest BCUT2D eigenvalue weighted by molar-refractivity contribution is 7.13. The first-order valence-corrected chi connectivity index (χ1v) is 6.49. The molecule has 1 heterocycles. The average Bonchev–Trinajstić information content (AvgIpc) is 2.62. The molecule has 1 aromatic rings. The standard InChI is InChI=1S/C12H19NO3S/c1-5-6-16-7-8-13-10(12(2,3)4)9(17-8)11(14)15/h5-7H2,1-4H3,(H,14,15). The molecule has 0 aliphatic heterocycles. The van der Waals surface area contributed by atoms with Crippen molar-refractivity contribution in [1.29, 1.82) is 0 Å². The Labute approximate surface area is 106 Å². The third-order valence-electron chi connectivity index (χ3n) is 2.15. The number of ether oxygens (including phenoxy) is 1. The summed E-state index contributed by atoms with van der Waals surface area (Å²) < 4.78 is 5.38. The molecule has 0 amide bonds. The normalized spacial score (nSPS) is 11.8. The van der Waals surface area contributed by atoms with Gasteiger partial charge in [0.05, 0.1) is 12.3 Å². The quantitative estimate of drug-likeness (QED) is 0.823. The summed E-state index contributed by atoms with van der Waals surface area (Å²) in [4.78, 5) is 15.9. The van der Waals surface area contributed by atoms with Gasteiger partial charge in [-0.25, -0.2) is 9.78 Å². The smallest absolute Gasteiger partial charge is 0.347 e. The van der Waals surface area contributed by atoms with Gasteiger partial charge >= 0.3 is 5.97 Å². The van der Waals surface area contributed by atoms with E-state index < -0.39 is 5.97 Å². The second-order valence-corrected chi connectivity index (χ2v) is 5.98. The number of hydrogen-bond donors (Lipinski definition) is 1. The molecule has 0 aliphatic carbocycles. The predicted octanol–water partition coefficient (Wildman–Crippen LogP) is 3.07. The van der Waals surface area contributed by atoms with E-state index in [0.717, 1.165) is 11.4 Å². The Balaban J connectivity index is 2.93. The predicted molar refractivity (Wildman–Crippen MR) is 67.7 cm³/mol. The second-order valence-electron chi connectivity index (χ2n) is 4.89. The lowest BCUT2D eigenvalue weighted by atomic mass is 9.91. The minimum atomic E-state index is -0.908. The molecule has 1 aromatic heterocycles. The van der Waals surface area contributed by atoms with Gasteiger partial charge in [-0.3, -0.25) is 0 Å². The van der Waals surface area contributed by atoms with Gasteiger partial charge in [0.1, 0.15) is 9.88 Å². The monoisotopic (exact) mass is 257 g/mol. The highest BCUT2D eigenvalue weighted by atomic mass is 32.1. The lowest BCUT2D eigenvalue weighted by Crippen LogP contribution is -2.16. The number of aromatic nitrogens is 1. The van der Waals surface area contributed by atoms with Crippen molar-refractivity contribution in [3.63, 3.8) is 0 Å². The van der Waals surface area contributed by atoms with Crippen molar-refractivity contribution < 1.29 is 14.6 Å². The summed E-state index contributed by atoms with van der Waals surface area (Å²) in [6.07, 6.45) is 0.948. The topological polar surface area (TPSA) is 59.4 Å². The Morgan fingerprint density at radius 2 is 2.12 bits per heavy atom. The highest BCUT2D eigenvalue weighted by Gasteiger charge is 2.26. The first-order chi connectivity index (χ1) is 7.86. The van der Waals surface area contributed by atoms with Gasteiger partial charge in [-0.15, -0.1) is 11.3 Å². The zero-order valence-electron chi connectivity index (χ0n) is 10.7. The van der Waals surface area contributed by atoms with Crippen LogP contribution >= 0.6 is 11.3 Å². The van der Waals surface area contributed by atoms with E-state index in [-0.39, 0.29) is 5.41 Å². The third kappa shape index (κ3) is 3.78. The fourth-order valence-corrected chi connectivity index (χ4v) is 2.43. The van der Waals surface area contributed by atoms with Crippen LogP contribution in [-0.2, 0) is 16.8 Å². The first kappa shape index (κ1) is 14.1. The molecule has 4 nitrogen and oxygen atoms in total. The van der Waals surface area contributed by atoms with Crippen LogP contribution in [0.25, 0.3) is 0 Å². The van der Waals surface area contributed by atoms with Gasteiger partial charge in [0.15, 0.2) is 0 Å². The van der Waals surface area contributed by atoms with Crippen LogP contribution < -0.4 is 0 Å². The maximum Gasteiger partial charge on any atom is 0.347 e. The van der Waals surface area contributed by atoms with Crippen LogP contribution in [0.5, 0.6) is 0 Å². The summed E-state index contributed by atoms with van der Waals surface area (Å²) in [7, 11) is 0. The molecule has 0 saturated carbocycles. The zero-order valence-corrected chi connectivity index (χ0v) is 11.6.